The van der Waals surface area contributed by atoms with Crippen LogP contribution in [0.2, 0.25) is 0 Å². The third-order valence-corrected chi connectivity index (χ3v) is 17.0. The molecule has 1 fully saturated rings. The maximum Gasteiger partial charge on any atom is 0.306 e. The van der Waals surface area contributed by atoms with Crippen molar-refractivity contribution in [2.45, 2.75) is 378 Å². The highest BCUT2D eigenvalue weighted by Crippen LogP contribution is 2.26. The van der Waals surface area contributed by atoms with E-state index in [1.54, 1.807) is 6.08 Å². The van der Waals surface area contributed by atoms with E-state index < -0.39 is 67.4 Å². The number of hydrogen-bond acceptors (Lipinski definition) is 10. The molecule has 8 unspecified atom stereocenters. The zero-order chi connectivity index (χ0) is 63.9. The fourth-order valence-electron chi connectivity index (χ4n) is 11.2. The van der Waals surface area contributed by atoms with Crippen LogP contribution in [0.25, 0.3) is 0 Å². The highest BCUT2D eigenvalue weighted by molar-refractivity contribution is 5.80. The van der Waals surface area contributed by atoms with Crippen molar-refractivity contribution in [1.29, 1.82) is 0 Å². The van der Waals surface area contributed by atoms with Crippen molar-refractivity contribution in [2.75, 3.05) is 13.2 Å². The molecule has 0 aliphatic carbocycles. The van der Waals surface area contributed by atoms with Gasteiger partial charge in [0.15, 0.2) is 12.4 Å². The molecular weight excluding hydrogens is 1100 g/mol. The second kappa shape index (κ2) is 64.0. The SMILES string of the molecule is CCCCC/C=C\C/C=C\C/C=C\C/C=C\CCCCCCCCCCC(O)C(=O)NC(COC1OC(CO)C(O)C(O)C1OC(=O)CCCCCCCCCCCCCCC/C=C\C/C=C\CCCCC)C(O)/C=C/CCCCCCCCCCCC. The molecule has 1 rings (SSSR count). The summed E-state index contributed by atoms with van der Waals surface area (Å²) < 4.78 is 17.7. The number of aliphatic hydroxyl groups excluding tert-OH is 5. The molecule has 0 aromatic rings. The smallest absolute Gasteiger partial charge is 0.306 e. The number of esters is 1. The van der Waals surface area contributed by atoms with Gasteiger partial charge in [-0.1, -0.05) is 305 Å². The van der Waals surface area contributed by atoms with Gasteiger partial charge in [0, 0.05) is 6.42 Å². The van der Waals surface area contributed by atoms with Crippen molar-refractivity contribution < 1.29 is 49.3 Å². The molecule has 1 aliphatic rings. The topological polar surface area (TPSA) is 175 Å². The molecule has 1 saturated heterocycles. The first-order chi connectivity index (χ1) is 43.2. The number of unbranched alkanes of at least 4 members (excludes halogenated alkanes) is 37. The molecule has 0 saturated carbocycles. The molecule has 88 heavy (non-hydrogen) atoms. The first-order valence-corrected chi connectivity index (χ1v) is 36.9. The van der Waals surface area contributed by atoms with E-state index in [9.17, 15) is 35.1 Å². The molecule has 1 amide bonds. The Morgan fingerprint density at radius 3 is 1.19 bits per heavy atom. The first kappa shape index (κ1) is 82.9. The summed E-state index contributed by atoms with van der Waals surface area (Å²) in [5.74, 6) is -1.20. The third-order valence-electron chi connectivity index (χ3n) is 17.0. The van der Waals surface area contributed by atoms with Crippen molar-refractivity contribution >= 4 is 11.9 Å². The van der Waals surface area contributed by atoms with E-state index >= 15 is 0 Å². The van der Waals surface area contributed by atoms with Gasteiger partial charge in [-0.25, -0.2) is 0 Å². The van der Waals surface area contributed by atoms with Crippen LogP contribution >= 0.6 is 0 Å². The quantitative estimate of drug-likeness (QED) is 0.0195. The second-order valence-corrected chi connectivity index (χ2v) is 25.3. The fraction of sp³-hybridized carbons (Fsp3) is 0.792. The van der Waals surface area contributed by atoms with Crippen molar-refractivity contribution in [3.05, 3.63) is 85.1 Å². The Kier molecular flexibility index (Phi) is 60.2. The molecule has 0 bridgehead atoms. The lowest BCUT2D eigenvalue weighted by atomic mass is 9.99. The van der Waals surface area contributed by atoms with E-state index in [2.05, 4.69) is 99.0 Å². The van der Waals surface area contributed by atoms with E-state index in [1.165, 1.54) is 193 Å². The molecule has 0 aromatic carbocycles. The van der Waals surface area contributed by atoms with E-state index in [4.69, 9.17) is 14.2 Å². The Bertz CT molecular complexity index is 1760. The molecule has 1 aliphatic heterocycles. The minimum Gasteiger partial charge on any atom is -0.454 e. The number of amides is 1. The monoisotopic (exact) mass is 1240 g/mol. The summed E-state index contributed by atoms with van der Waals surface area (Å²) in [6, 6.07) is -1.03. The average molecular weight is 1240 g/mol. The minimum absolute atomic E-state index is 0.120. The third kappa shape index (κ3) is 50.5. The Morgan fingerprint density at radius 1 is 0.443 bits per heavy atom. The van der Waals surface area contributed by atoms with Gasteiger partial charge in [-0.3, -0.25) is 9.59 Å². The molecule has 0 spiro atoms. The van der Waals surface area contributed by atoms with E-state index in [-0.39, 0.29) is 19.4 Å². The van der Waals surface area contributed by atoms with Crippen LogP contribution in [-0.4, -0.2) is 99.6 Å². The lowest BCUT2D eigenvalue weighted by Crippen LogP contribution is -2.61. The maximum atomic E-state index is 13.5. The molecule has 11 heteroatoms. The lowest BCUT2D eigenvalue weighted by molar-refractivity contribution is -0.305. The summed E-state index contributed by atoms with van der Waals surface area (Å²) in [6.07, 6.45) is 74.7. The van der Waals surface area contributed by atoms with Crippen LogP contribution in [0.5, 0.6) is 0 Å². The number of ether oxygens (including phenoxy) is 3. The van der Waals surface area contributed by atoms with Crippen molar-refractivity contribution in [1.82, 2.24) is 5.32 Å². The predicted molar refractivity (Wildman–Crippen MR) is 370 cm³/mol. The van der Waals surface area contributed by atoms with Crippen LogP contribution in [0.4, 0.5) is 0 Å². The zero-order valence-electron chi connectivity index (χ0n) is 56.8. The van der Waals surface area contributed by atoms with Crippen LogP contribution in [0.15, 0.2) is 85.1 Å². The Balaban J connectivity index is 2.56. The Morgan fingerprint density at radius 2 is 0.784 bits per heavy atom. The van der Waals surface area contributed by atoms with E-state index in [0.29, 0.717) is 12.8 Å². The van der Waals surface area contributed by atoms with Crippen molar-refractivity contribution in [3.63, 3.8) is 0 Å². The van der Waals surface area contributed by atoms with Gasteiger partial charge in [-0.15, -0.1) is 0 Å². The van der Waals surface area contributed by atoms with Crippen LogP contribution in [-0.2, 0) is 23.8 Å². The summed E-state index contributed by atoms with van der Waals surface area (Å²) in [5.41, 5.74) is 0. The number of nitrogens with one attached hydrogen (secondary N) is 1. The standard InChI is InChI=1S/C77H137NO10/c1-4-7-10-13-16-19-22-25-27-29-31-33-35-37-38-40-42-44-46-49-52-55-58-61-64-70(81)76(85)78-68(69(80)63-60-57-54-51-48-24-21-18-15-12-9-6-3)67-86-77-75(74(84)73(83)71(66-79)87-77)88-72(82)65-62-59-56-53-50-47-45-43-41-39-36-34-32-30-28-26-23-20-17-14-11-8-5-2/h16-17,19-20,25-28,31,33,37-38,60,63,68-71,73-75,77,79-81,83-84H,4-15,18,21-24,29-30,32,34-36,39-59,61-62,64-67H2,1-3H3,(H,78,85)/b19-16-,20-17-,27-25-,28-26-,33-31-,38-37-,63-60+. The number of hydrogen-bond donors (Lipinski definition) is 6. The number of rotatable bonds is 63. The van der Waals surface area contributed by atoms with Crippen LogP contribution < -0.4 is 5.32 Å². The van der Waals surface area contributed by atoms with Gasteiger partial charge in [0.25, 0.3) is 0 Å². The van der Waals surface area contributed by atoms with Gasteiger partial charge in [-0.05, 0) is 103 Å². The van der Waals surface area contributed by atoms with Gasteiger partial charge in [-0.2, -0.15) is 0 Å². The second-order valence-electron chi connectivity index (χ2n) is 25.3. The lowest BCUT2D eigenvalue weighted by Gasteiger charge is -2.41. The number of allylic oxidation sites excluding steroid dienone is 13. The van der Waals surface area contributed by atoms with Gasteiger partial charge in [0.2, 0.25) is 5.91 Å². The van der Waals surface area contributed by atoms with Gasteiger partial charge < -0.3 is 45.1 Å². The predicted octanol–water partition coefficient (Wildman–Crippen LogP) is 19.2. The molecule has 0 aromatic heterocycles. The molecule has 11 nitrogen and oxygen atoms in total. The summed E-state index contributed by atoms with van der Waals surface area (Å²) >= 11 is 0. The summed E-state index contributed by atoms with van der Waals surface area (Å²) in [5, 5.41) is 57.3. The minimum atomic E-state index is -1.62. The van der Waals surface area contributed by atoms with Crippen LogP contribution in [0, 0.1) is 0 Å². The molecule has 0 radical (unpaired) electrons. The van der Waals surface area contributed by atoms with Gasteiger partial charge in [0.05, 0.1) is 25.4 Å². The summed E-state index contributed by atoms with van der Waals surface area (Å²) in [4.78, 5) is 26.7. The van der Waals surface area contributed by atoms with Crippen LogP contribution in [0.3, 0.4) is 0 Å². The highest BCUT2D eigenvalue weighted by Gasteiger charge is 2.47. The first-order valence-electron chi connectivity index (χ1n) is 36.9. The summed E-state index contributed by atoms with van der Waals surface area (Å²) in [6.45, 7) is 5.77. The molecular formula is C77H137NO10. The van der Waals surface area contributed by atoms with E-state index in [1.807, 2.05) is 6.08 Å². The maximum absolute atomic E-state index is 13.5. The zero-order valence-corrected chi connectivity index (χ0v) is 56.8. The van der Waals surface area contributed by atoms with Crippen LogP contribution in [0.1, 0.15) is 329 Å². The molecule has 1 heterocycles. The van der Waals surface area contributed by atoms with Crippen molar-refractivity contribution in [3.8, 4) is 0 Å². The number of carbonyl (C=O) groups is 2. The average Bonchev–Trinajstić information content (AvgIpc) is 3.72. The van der Waals surface area contributed by atoms with Gasteiger partial charge >= 0.3 is 5.97 Å². The van der Waals surface area contributed by atoms with E-state index in [0.717, 1.165) is 89.9 Å². The molecule has 510 valence electrons. The summed E-state index contributed by atoms with van der Waals surface area (Å²) in [7, 11) is 0. The highest BCUT2D eigenvalue weighted by atomic mass is 16.7. The Labute approximate surface area is 540 Å². The fourth-order valence-corrected chi connectivity index (χ4v) is 11.2. The normalized spacial score (nSPS) is 18.7. The molecule has 8 atom stereocenters. The number of carbonyl (C=O) groups excluding carboxylic acids is 2. The van der Waals surface area contributed by atoms with Crippen molar-refractivity contribution in [2.24, 2.45) is 0 Å². The number of aliphatic hydroxyl groups is 5. The largest absolute Gasteiger partial charge is 0.454 e. The Hall–Kier alpha value is -3.16. The molecule has 6 N–H and O–H groups in total. The van der Waals surface area contributed by atoms with Gasteiger partial charge in [0.1, 0.15) is 24.4 Å².